The molecule has 1 unspecified atom stereocenters. The lowest BCUT2D eigenvalue weighted by Gasteiger charge is -2.13. The quantitative estimate of drug-likeness (QED) is 0.818. The van der Waals surface area contributed by atoms with E-state index >= 15 is 0 Å². The minimum atomic E-state index is -4.89. The van der Waals surface area contributed by atoms with Crippen LogP contribution in [0.2, 0.25) is 0 Å². The maximum absolute atomic E-state index is 13.2. The van der Waals surface area contributed by atoms with E-state index in [9.17, 15) is 22.8 Å². The van der Waals surface area contributed by atoms with E-state index in [1.54, 1.807) is 0 Å². The first-order valence-electron chi connectivity index (χ1n) is 7.92. The van der Waals surface area contributed by atoms with Crippen molar-refractivity contribution >= 4 is 11.9 Å². The first kappa shape index (κ1) is 19.5. The lowest BCUT2D eigenvalue weighted by atomic mass is 10.1. The van der Waals surface area contributed by atoms with Gasteiger partial charge in [-0.15, -0.1) is 0 Å². The Hall–Kier alpha value is -2.84. The number of hydrogen-bond acceptors (Lipinski definition) is 3. The van der Waals surface area contributed by atoms with Crippen molar-refractivity contribution < 1.29 is 27.9 Å². The van der Waals surface area contributed by atoms with Crippen molar-refractivity contribution in [2.45, 2.75) is 26.4 Å². The number of aromatic carboxylic acids is 1. The van der Waals surface area contributed by atoms with Gasteiger partial charge in [0.05, 0.1) is 11.9 Å². The van der Waals surface area contributed by atoms with Gasteiger partial charge in [-0.2, -0.15) is 18.3 Å². The molecule has 9 heteroatoms. The highest BCUT2D eigenvalue weighted by molar-refractivity contribution is 5.94. The van der Waals surface area contributed by atoms with E-state index in [-0.39, 0.29) is 17.2 Å². The van der Waals surface area contributed by atoms with E-state index in [4.69, 9.17) is 5.11 Å². The molecule has 140 valence electrons. The fourth-order valence-electron chi connectivity index (χ4n) is 2.24. The number of nitrogens with zero attached hydrogens (tertiary/aromatic N) is 2. The number of aromatic nitrogens is 2. The molecule has 1 atom stereocenters. The molecule has 2 rings (SSSR count). The van der Waals surface area contributed by atoms with Crippen LogP contribution >= 0.6 is 0 Å². The Morgan fingerprint density at radius 2 is 1.88 bits per heavy atom. The molecule has 2 N–H and O–H groups in total. The van der Waals surface area contributed by atoms with E-state index in [0.29, 0.717) is 23.3 Å². The number of carboxylic acid groups (broad SMARTS) is 1. The second-order valence-electron chi connectivity index (χ2n) is 5.89. The van der Waals surface area contributed by atoms with Crippen LogP contribution in [-0.2, 0) is 6.18 Å². The zero-order valence-corrected chi connectivity index (χ0v) is 14.2. The maximum Gasteiger partial charge on any atom is 0.434 e. The summed E-state index contributed by atoms with van der Waals surface area (Å²) in [6, 6.07) is 5.30. The van der Waals surface area contributed by atoms with E-state index < -0.39 is 23.4 Å². The van der Waals surface area contributed by atoms with Crippen LogP contribution in [0.1, 0.15) is 46.7 Å². The van der Waals surface area contributed by atoms with Crippen molar-refractivity contribution in [2.75, 3.05) is 6.54 Å². The van der Waals surface area contributed by atoms with Crippen molar-refractivity contribution in [3.8, 4) is 5.69 Å². The number of halogens is 3. The lowest BCUT2D eigenvalue weighted by Crippen LogP contribution is -2.28. The Balaban J connectivity index is 2.29. The van der Waals surface area contributed by atoms with Gasteiger partial charge in [-0.05, 0) is 30.2 Å². The van der Waals surface area contributed by atoms with E-state index in [2.05, 4.69) is 10.4 Å². The molecule has 0 bridgehead atoms. The molecule has 0 saturated heterocycles. The Morgan fingerprint density at radius 1 is 1.27 bits per heavy atom. The molecule has 1 aromatic heterocycles. The number of carbonyl (C=O) groups excluding carboxylic acids is 1. The minimum Gasteiger partial charge on any atom is -0.478 e. The number of benzene rings is 1. The lowest BCUT2D eigenvalue weighted by molar-refractivity contribution is -0.143. The third-order valence-electron chi connectivity index (χ3n) is 3.95. The zero-order chi connectivity index (χ0) is 19.5. The fourth-order valence-corrected chi connectivity index (χ4v) is 2.24. The number of carbonyl (C=O) groups is 2. The highest BCUT2D eigenvalue weighted by Crippen LogP contribution is 2.33. The van der Waals surface area contributed by atoms with Gasteiger partial charge in [0.1, 0.15) is 5.56 Å². The largest absolute Gasteiger partial charge is 0.478 e. The number of nitrogens with one attached hydrogen (secondary N) is 1. The molecule has 1 heterocycles. The summed E-state index contributed by atoms with van der Waals surface area (Å²) >= 11 is 0. The van der Waals surface area contributed by atoms with Gasteiger partial charge in [0.25, 0.3) is 5.91 Å². The zero-order valence-electron chi connectivity index (χ0n) is 14.2. The third kappa shape index (κ3) is 4.22. The normalized spacial score (nSPS) is 12.7. The number of hydrogen-bond donors (Lipinski definition) is 2. The number of rotatable bonds is 6. The average molecular weight is 369 g/mol. The van der Waals surface area contributed by atoms with Crippen LogP contribution in [0.5, 0.6) is 0 Å². The van der Waals surface area contributed by atoms with Crippen molar-refractivity contribution in [1.82, 2.24) is 15.1 Å². The van der Waals surface area contributed by atoms with E-state index in [1.165, 1.54) is 24.3 Å². The first-order valence-corrected chi connectivity index (χ1v) is 7.92. The highest BCUT2D eigenvalue weighted by atomic mass is 19.4. The standard InChI is InChI=1S/C17H18F3N3O3/c1-3-10(2)8-21-15(24)11-4-6-12(7-5-11)23-14(17(18,19)20)13(9-22-23)16(25)26/h4-7,9-10H,3,8H2,1-2H3,(H,21,24)(H,25,26). The smallest absolute Gasteiger partial charge is 0.434 e. The van der Waals surface area contributed by atoms with Gasteiger partial charge >= 0.3 is 12.1 Å². The topological polar surface area (TPSA) is 84.2 Å². The second-order valence-corrected chi connectivity index (χ2v) is 5.89. The van der Waals surface area contributed by atoms with E-state index in [1.807, 2.05) is 13.8 Å². The van der Waals surface area contributed by atoms with Crippen LogP contribution in [-0.4, -0.2) is 33.3 Å². The molecule has 0 fully saturated rings. The van der Waals surface area contributed by atoms with Gasteiger partial charge in [-0.1, -0.05) is 20.3 Å². The Labute approximate surface area is 147 Å². The van der Waals surface area contributed by atoms with Crippen LogP contribution in [0.25, 0.3) is 5.69 Å². The number of carboxylic acids is 1. The summed E-state index contributed by atoms with van der Waals surface area (Å²) in [5, 5.41) is 15.2. The average Bonchev–Trinajstić information content (AvgIpc) is 3.05. The predicted octanol–water partition coefficient (Wildman–Crippen LogP) is 3.37. The molecular weight excluding hydrogens is 351 g/mol. The van der Waals surface area contributed by atoms with Crippen molar-refractivity contribution in [3.05, 3.63) is 47.3 Å². The second kappa shape index (κ2) is 7.59. The summed E-state index contributed by atoms with van der Waals surface area (Å²) in [5.41, 5.74) is -2.02. The van der Waals surface area contributed by atoms with Gasteiger partial charge < -0.3 is 10.4 Å². The molecular formula is C17H18F3N3O3. The molecule has 0 spiro atoms. The molecule has 6 nitrogen and oxygen atoms in total. The number of amides is 1. The summed E-state index contributed by atoms with van der Waals surface area (Å²) < 4.78 is 40.2. The molecule has 26 heavy (non-hydrogen) atoms. The van der Waals surface area contributed by atoms with E-state index in [0.717, 1.165) is 6.42 Å². The number of alkyl halides is 3. The molecule has 1 amide bonds. The highest BCUT2D eigenvalue weighted by Gasteiger charge is 2.40. The summed E-state index contributed by atoms with van der Waals surface area (Å²) in [6.45, 7) is 4.48. The Morgan fingerprint density at radius 3 is 2.38 bits per heavy atom. The van der Waals surface area contributed by atoms with Crippen LogP contribution in [0, 0.1) is 5.92 Å². The first-order chi connectivity index (χ1) is 12.1. The molecule has 0 aliphatic carbocycles. The van der Waals surface area contributed by atoms with Gasteiger partial charge in [0, 0.05) is 12.1 Å². The van der Waals surface area contributed by atoms with Gasteiger partial charge in [-0.25, -0.2) is 9.48 Å². The molecule has 1 aromatic carbocycles. The summed E-state index contributed by atoms with van der Waals surface area (Å²) in [5.74, 6) is -1.74. The van der Waals surface area contributed by atoms with Crippen LogP contribution in [0.4, 0.5) is 13.2 Å². The minimum absolute atomic E-state index is 0.00306. The molecule has 0 saturated carbocycles. The monoisotopic (exact) mass is 369 g/mol. The van der Waals surface area contributed by atoms with Crippen molar-refractivity contribution in [3.63, 3.8) is 0 Å². The van der Waals surface area contributed by atoms with Crippen LogP contribution < -0.4 is 5.32 Å². The predicted molar refractivity (Wildman–Crippen MR) is 87.3 cm³/mol. The van der Waals surface area contributed by atoms with Crippen LogP contribution in [0.15, 0.2) is 30.5 Å². The van der Waals surface area contributed by atoms with Gasteiger partial charge in [0.2, 0.25) is 0 Å². The summed E-state index contributed by atoms with van der Waals surface area (Å²) in [4.78, 5) is 23.0. The fraction of sp³-hybridized carbons (Fsp3) is 0.353. The summed E-state index contributed by atoms with van der Waals surface area (Å²) in [7, 11) is 0. The Kier molecular flexibility index (Phi) is 5.69. The van der Waals surface area contributed by atoms with Crippen molar-refractivity contribution in [1.29, 1.82) is 0 Å². The SMILES string of the molecule is CCC(C)CNC(=O)c1ccc(-n2ncc(C(=O)O)c2C(F)(F)F)cc1. The molecule has 2 aromatic rings. The Bertz CT molecular complexity index is 798. The molecule has 0 radical (unpaired) electrons. The molecule has 0 aliphatic heterocycles. The summed E-state index contributed by atoms with van der Waals surface area (Å²) in [6.07, 6.45) is -3.33. The van der Waals surface area contributed by atoms with Crippen molar-refractivity contribution in [2.24, 2.45) is 5.92 Å². The van der Waals surface area contributed by atoms with Gasteiger partial charge in [-0.3, -0.25) is 4.79 Å². The molecule has 0 aliphatic rings. The van der Waals surface area contributed by atoms with Gasteiger partial charge in [0.15, 0.2) is 5.69 Å². The third-order valence-corrected chi connectivity index (χ3v) is 3.95. The maximum atomic E-state index is 13.2. The van der Waals surface area contributed by atoms with Crippen LogP contribution in [0.3, 0.4) is 0 Å².